The van der Waals surface area contributed by atoms with Crippen LogP contribution in [0.25, 0.3) is 0 Å². The number of rotatable bonds is 6. The highest BCUT2D eigenvalue weighted by molar-refractivity contribution is 4.74. The number of hydrogen-bond donors (Lipinski definition) is 1. The van der Waals surface area contributed by atoms with E-state index in [-0.39, 0.29) is 0 Å². The molecule has 2 nitrogen and oxygen atoms in total. The van der Waals surface area contributed by atoms with Gasteiger partial charge in [-0.3, -0.25) is 0 Å². The second kappa shape index (κ2) is 6.21. The van der Waals surface area contributed by atoms with Crippen molar-refractivity contribution in [2.75, 3.05) is 20.1 Å². The number of nitrogens with zero attached hydrogens (tertiary/aromatic N) is 1. The molecule has 0 amide bonds. The van der Waals surface area contributed by atoms with Crippen molar-refractivity contribution in [1.29, 1.82) is 0 Å². The van der Waals surface area contributed by atoms with Gasteiger partial charge in [0, 0.05) is 19.1 Å². The zero-order chi connectivity index (χ0) is 9.56. The largest absolute Gasteiger partial charge is 0.327 e. The van der Waals surface area contributed by atoms with Crippen LogP contribution in [0.1, 0.15) is 20.3 Å². The van der Waals surface area contributed by atoms with Gasteiger partial charge in [0.2, 0.25) is 0 Å². The molecule has 0 spiro atoms. The Morgan fingerprint density at radius 3 is 2.50 bits per heavy atom. The first-order chi connectivity index (χ1) is 5.56. The van der Waals surface area contributed by atoms with Gasteiger partial charge in [0.05, 0.1) is 0 Å². The lowest BCUT2D eigenvalue weighted by Gasteiger charge is -2.20. The van der Waals surface area contributed by atoms with Gasteiger partial charge in [-0.25, -0.2) is 0 Å². The van der Waals surface area contributed by atoms with E-state index in [1.165, 1.54) is 0 Å². The van der Waals surface area contributed by atoms with E-state index in [1.54, 1.807) is 0 Å². The molecule has 0 aromatic carbocycles. The minimum atomic E-state index is 0.301. The van der Waals surface area contributed by atoms with Crippen molar-refractivity contribution in [3.63, 3.8) is 0 Å². The first-order valence-electron chi connectivity index (χ1n) is 4.61. The van der Waals surface area contributed by atoms with Gasteiger partial charge < -0.3 is 10.6 Å². The van der Waals surface area contributed by atoms with Crippen LogP contribution >= 0.6 is 0 Å². The second-order valence-corrected chi connectivity index (χ2v) is 3.90. The molecule has 2 N–H and O–H groups in total. The molecule has 1 unspecified atom stereocenters. The molecule has 0 aliphatic carbocycles. The fourth-order valence-electron chi connectivity index (χ4n) is 1.38. The average Bonchev–Trinajstić information content (AvgIpc) is 1.84. The normalized spacial score (nSPS) is 13.8. The molecule has 0 saturated heterocycles. The fourth-order valence-corrected chi connectivity index (χ4v) is 1.38. The van der Waals surface area contributed by atoms with E-state index in [1.807, 2.05) is 6.08 Å². The lowest BCUT2D eigenvalue weighted by Crippen LogP contribution is -2.36. The zero-order valence-electron chi connectivity index (χ0n) is 8.59. The Hall–Kier alpha value is -0.340. The summed E-state index contributed by atoms with van der Waals surface area (Å²) >= 11 is 0. The van der Waals surface area contributed by atoms with Crippen molar-refractivity contribution in [1.82, 2.24) is 4.90 Å². The van der Waals surface area contributed by atoms with Crippen molar-refractivity contribution in [2.45, 2.75) is 26.3 Å². The van der Waals surface area contributed by atoms with Gasteiger partial charge in [0.15, 0.2) is 0 Å². The fraction of sp³-hybridized carbons (Fsp3) is 0.800. The molecule has 0 bridgehead atoms. The molecular weight excluding hydrogens is 148 g/mol. The van der Waals surface area contributed by atoms with E-state index >= 15 is 0 Å². The molecule has 0 aromatic heterocycles. The highest BCUT2D eigenvalue weighted by Gasteiger charge is 2.07. The molecule has 0 fully saturated rings. The molecule has 0 rings (SSSR count). The van der Waals surface area contributed by atoms with Crippen molar-refractivity contribution in [2.24, 2.45) is 11.7 Å². The quantitative estimate of drug-likeness (QED) is 0.612. The Kier molecular flexibility index (Phi) is 6.03. The molecule has 0 aliphatic rings. The van der Waals surface area contributed by atoms with E-state index < -0.39 is 0 Å². The van der Waals surface area contributed by atoms with Crippen LogP contribution in [0.4, 0.5) is 0 Å². The van der Waals surface area contributed by atoms with Crippen LogP contribution in [0.3, 0.4) is 0 Å². The van der Waals surface area contributed by atoms with Crippen molar-refractivity contribution >= 4 is 0 Å². The van der Waals surface area contributed by atoms with Gasteiger partial charge in [-0.15, -0.1) is 6.58 Å². The van der Waals surface area contributed by atoms with Gasteiger partial charge in [-0.1, -0.05) is 19.9 Å². The van der Waals surface area contributed by atoms with Crippen LogP contribution in [-0.4, -0.2) is 31.1 Å². The van der Waals surface area contributed by atoms with E-state index in [9.17, 15) is 0 Å². The molecule has 72 valence electrons. The van der Waals surface area contributed by atoms with E-state index in [0.717, 1.165) is 19.5 Å². The molecule has 0 heterocycles. The minimum absolute atomic E-state index is 0.301. The lowest BCUT2D eigenvalue weighted by atomic mass is 10.0. The Balaban J connectivity index is 3.53. The summed E-state index contributed by atoms with van der Waals surface area (Å²) in [6.07, 6.45) is 3.00. The summed E-state index contributed by atoms with van der Waals surface area (Å²) in [6.45, 7) is 9.97. The molecule has 1 atom stereocenters. The maximum Gasteiger partial charge on any atom is 0.0170 e. The summed E-state index contributed by atoms with van der Waals surface area (Å²) in [7, 11) is 2.07. The summed E-state index contributed by atoms with van der Waals surface area (Å²) in [5.74, 6) is 0.692. The molecular formula is C10H22N2. The smallest absolute Gasteiger partial charge is 0.0170 e. The first-order valence-corrected chi connectivity index (χ1v) is 4.61. The van der Waals surface area contributed by atoms with Crippen molar-refractivity contribution < 1.29 is 0 Å². The van der Waals surface area contributed by atoms with Crippen LogP contribution < -0.4 is 5.73 Å². The van der Waals surface area contributed by atoms with E-state index in [2.05, 4.69) is 32.4 Å². The Morgan fingerprint density at radius 2 is 2.08 bits per heavy atom. The van der Waals surface area contributed by atoms with Crippen LogP contribution in [0.15, 0.2) is 12.7 Å². The van der Waals surface area contributed by atoms with Gasteiger partial charge in [0.25, 0.3) is 0 Å². The standard InChI is InChI=1S/C10H22N2/c1-5-6-12(4)8-10(11)7-9(2)3/h5,9-10H,1,6-8,11H2,2-4H3. The van der Waals surface area contributed by atoms with Crippen LogP contribution in [0.2, 0.25) is 0 Å². The van der Waals surface area contributed by atoms with Crippen LogP contribution in [0, 0.1) is 5.92 Å². The summed E-state index contributed by atoms with van der Waals surface area (Å²) in [6, 6.07) is 0.301. The molecule has 2 heteroatoms. The van der Waals surface area contributed by atoms with E-state index in [0.29, 0.717) is 12.0 Å². The monoisotopic (exact) mass is 170 g/mol. The van der Waals surface area contributed by atoms with Crippen LogP contribution in [0.5, 0.6) is 0 Å². The number of likely N-dealkylation sites (N-methyl/N-ethyl adjacent to an activating group) is 1. The highest BCUT2D eigenvalue weighted by Crippen LogP contribution is 2.03. The zero-order valence-corrected chi connectivity index (χ0v) is 8.59. The van der Waals surface area contributed by atoms with Crippen LogP contribution in [-0.2, 0) is 0 Å². The molecule has 0 aromatic rings. The SMILES string of the molecule is C=CCN(C)CC(N)CC(C)C. The number of hydrogen-bond acceptors (Lipinski definition) is 2. The van der Waals surface area contributed by atoms with Crippen molar-refractivity contribution in [3.05, 3.63) is 12.7 Å². The summed E-state index contributed by atoms with van der Waals surface area (Å²) < 4.78 is 0. The maximum absolute atomic E-state index is 5.93. The topological polar surface area (TPSA) is 29.3 Å². The Labute approximate surface area is 76.4 Å². The van der Waals surface area contributed by atoms with E-state index in [4.69, 9.17) is 5.73 Å². The number of nitrogens with two attached hydrogens (primary N) is 1. The van der Waals surface area contributed by atoms with Gasteiger partial charge in [-0.2, -0.15) is 0 Å². The summed E-state index contributed by atoms with van der Waals surface area (Å²) in [5, 5.41) is 0. The average molecular weight is 170 g/mol. The lowest BCUT2D eigenvalue weighted by molar-refractivity contribution is 0.319. The summed E-state index contributed by atoms with van der Waals surface area (Å²) in [4.78, 5) is 2.19. The third-order valence-electron chi connectivity index (χ3n) is 1.76. The maximum atomic E-state index is 5.93. The first kappa shape index (κ1) is 11.7. The Bertz CT molecular complexity index is 121. The Morgan fingerprint density at radius 1 is 1.50 bits per heavy atom. The van der Waals surface area contributed by atoms with Gasteiger partial charge in [0.1, 0.15) is 0 Å². The summed E-state index contributed by atoms with van der Waals surface area (Å²) in [5.41, 5.74) is 5.93. The highest BCUT2D eigenvalue weighted by atomic mass is 15.1. The predicted octanol–water partition coefficient (Wildman–Crippen LogP) is 1.48. The minimum Gasteiger partial charge on any atom is -0.327 e. The molecule has 0 aliphatic heterocycles. The third kappa shape index (κ3) is 6.38. The third-order valence-corrected chi connectivity index (χ3v) is 1.76. The van der Waals surface area contributed by atoms with Gasteiger partial charge in [-0.05, 0) is 19.4 Å². The van der Waals surface area contributed by atoms with Gasteiger partial charge >= 0.3 is 0 Å². The molecule has 0 saturated carbocycles. The predicted molar refractivity (Wildman–Crippen MR) is 55.1 cm³/mol. The molecule has 0 radical (unpaired) electrons. The molecule has 12 heavy (non-hydrogen) atoms. The second-order valence-electron chi connectivity index (χ2n) is 3.90. The van der Waals surface area contributed by atoms with Crippen molar-refractivity contribution in [3.8, 4) is 0 Å².